The van der Waals surface area contributed by atoms with Crippen LogP contribution in [0, 0.1) is 5.82 Å². The van der Waals surface area contributed by atoms with Crippen molar-refractivity contribution in [2.24, 2.45) is 0 Å². The van der Waals surface area contributed by atoms with Gasteiger partial charge in [-0.1, -0.05) is 36.0 Å². The fourth-order valence-corrected chi connectivity index (χ4v) is 3.88. The zero-order chi connectivity index (χ0) is 18.8. The maximum atomic E-state index is 13.6. The molecule has 0 radical (unpaired) electrons. The summed E-state index contributed by atoms with van der Waals surface area (Å²) in [5, 5.41) is 9.51. The number of rotatable bonds is 6. The summed E-state index contributed by atoms with van der Waals surface area (Å²) >= 11 is 1.47. The Hall–Kier alpha value is -2.67. The van der Waals surface area contributed by atoms with E-state index >= 15 is 0 Å². The van der Waals surface area contributed by atoms with E-state index in [1.165, 1.54) is 31.0 Å². The minimum Gasteiger partial charge on any atom is -0.465 e. The summed E-state index contributed by atoms with van der Waals surface area (Å²) in [6, 6.07) is 14.1. The number of hydrogen-bond donors (Lipinski definition) is 0. The maximum absolute atomic E-state index is 13.6. The third-order valence-electron chi connectivity index (χ3n) is 4.45. The van der Waals surface area contributed by atoms with Crippen LogP contribution in [0.15, 0.2) is 53.7 Å². The quantitative estimate of drug-likeness (QED) is 0.467. The molecule has 3 aromatic rings. The van der Waals surface area contributed by atoms with Crippen LogP contribution in [0.1, 0.15) is 40.5 Å². The average molecular weight is 383 g/mol. The normalized spacial score (nSPS) is 13.6. The Labute approximate surface area is 160 Å². The first-order valence-electron chi connectivity index (χ1n) is 8.67. The van der Waals surface area contributed by atoms with Crippen LogP contribution in [0.3, 0.4) is 0 Å². The van der Waals surface area contributed by atoms with Gasteiger partial charge >= 0.3 is 5.97 Å². The second kappa shape index (κ2) is 7.52. The second-order valence-corrected chi connectivity index (χ2v) is 7.31. The standard InChI is InChI=1S/C20H18FN3O2S/c1-26-19(25)17-11-15(21)10-9-14(17)12-27-20-23-22-18(13-7-8-13)24(20)16-5-3-2-4-6-16/h2-6,9-11,13H,7-8,12H2,1H3. The molecule has 1 saturated carbocycles. The molecule has 4 rings (SSSR count). The Bertz CT molecular complexity index is 971. The molecule has 2 aromatic carbocycles. The van der Waals surface area contributed by atoms with Gasteiger partial charge in [-0.3, -0.25) is 4.57 Å². The highest BCUT2D eigenvalue weighted by atomic mass is 32.2. The van der Waals surface area contributed by atoms with Crippen molar-refractivity contribution in [1.82, 2.24) is 14.8 Å². The van der Waals surface area contributed by atoms with Crippen LogP contribution >= 0.6 is 11.8 Å². The lowest BCUT2D eigenvalue weighted by atomic mass is 10.1. The van der Waals surface area contributed by atoms with E-state index in [4.69, 9.17) is 4.74 Å². The van der Waals surface area contributed by atoms with Gasteiger partial charge in [-0.05, 0) is 42.7 Å². The molecule has 0 saturated heterocycles. The van der Waals surface area contributed by atoms with Crippen molar-refractivity contribution in [2.75, 3.05) is 7.11 Å². The summed E-state index contributed by atoms with van der Waals surface area (Å²) in [6.45, 7) is 0. The van der Waals surface area contributed by atoms with Crippen LogP contribution < -0.4 is 0 Å². The summed E-state index contributed by atoms with van der Waals surface area (Å²) in [5.41, 5.74) is 1.95. The van der Waals surface area contributed by atoms with Crippen molar-refractivity contribution < 1.29 is 13.9 Å². The largest absolute Gasteiger partial charge is 0.465 e. The molecule has 0 N–H and O–H groups in total. The Morgan fingerprint density at radius 3 is 2.70 bits per heavy atom. The molecule has 0 atom stereocenters. The molecule has 1 aliphatic rings. The molecule has 0 bridgehead atoms. The molecule has 0 unspecified atom stereocenters. The molecule has 1 fully saturated rings. The van der Waals surface area contributed by atoms with Crippen molar-refractivity contribution in [2.45, 2.75) is 29.7 Å². The van der Waals surface area contributed by atoms with Gasteiger partial charge in [0.2, 0.25) is 0 Å². The van der Waals surface area contributed by atoms with Gasteiger partial charge in [0.05, 0.1) is 12.7 Å². The van der Waals surface area contributed by atoms with Gasteiger partial charge in [-0.25, -0.2) is 9.18 Å². The number of aromatic nitrogens is 3. The van der Waals surface area contributed by atoms with Crippen molar-refractivity contribution in [3.63, 3.8) is 0 Å². The van der Waals surface area contributed by atoms with E-state index in [0.29, 0.717) is 17.2 Å². The SMILES string of the molecule is COC(=O)c1cc(F)ccc1CSc1nnc(C2CC2)n1-c1ccccc1. The number of thioether (sulfide) groups is 1. The number of nitrogens with zero attached hydrogens (tertiary/aromatic N) is 3. The van der Waals surface area contributed by atoms with Gasteiger partial charge in [-0.15, -0.1) is 10.2 Å². The third-order valence-corrected chi connectivity index (χ3v) is 5.43. The Balaban J connectivity index is 1.64. The van der Waals surface area contributed by atoms with Gasteiger partial charge in [0.25, 0.3) is 0 Å². The highest BCUT2D eigenvalue weighted by molar-refractivity contribution is 7.98. The van der Waals surface area contributed by atoms with Gasteiger partial charge in [0, 0.05) is 17.4 Å². The highest BCUT2D eigenvalue weighted by Crippen LogP contribution is 2.41. The van der Waals surface area contributed by atoms with Gasteiger partial charge in [0.1, 0.15) is 11.6 Å². The van der Waals surface area contributed by atoms with E-state index in [1.54, 1.807) is 6.07 Å². The van der Waals surface area contributed by atoms with Gasteiger partial charge in [0.15, 0.2) is 5.16 Å². The lowest BCUT2D eigenvalue weighted by Crippen LogP contribution is -2.06. The van der Waals surface area contributed by atoms with Crippen LogP contribution in [0.25, 0.3) is 5.69 Å². The molecule has 0 amide bonds. The Morgan fingerprint density at radius 2 is 2.00 bits per heavy atom. The van der Waals surface area contributed by atoms with Crippen molar-refractivity contribution >= 4 is 17.7 Å². The van der Waals surface area contributed by atoms with Crippen LogP contribution in [-0.2, 0) is 10.5 Å². The van der Waals surface area contributed by atoms with E-state index in [2.05, 4.69) is 14.8 Å². The summed E-state index contributed by atoms with van der Waals surface area (Å²) in [6.07, 6.45) is 2.25. The van der Waals surface area contributed by atoms with E-state index < -0.39 is 11.8 Å². The monoisotopic (exact) mass is 383 g/mol. The van der Waals surface area contributed by atoms with Gasteiger partial charge < -0.3 is 4.74 Å². The van der Waals surface area contributed by atoms with Crippen LogP contribution in [-0.4, -0.2) is 27.8 Å². The Kier molecular flexibility index (Phi) is 4.94. The smallest absolute Gasteiger partial charge is 0.338 e. The predicted octanol–water partition coefficient (Wildman–Crippen LogP) is 4.36. The van der Waals surface area contributed by atoms with E-state index in [1.807, 2.05) is 30.3 Å². The number of hydrogen-bond acceptors (Lipinski definition) is 5. The minimum atomic E-state index is -0.548. The molecular formula is C20H18FN3O2S. The van der Waals surface area contributed by atoms with E-state index in [-0.39, 0.29) is 5.56 Å². The van der Waals surface area contributed by atoms with Crippen molar-refractivity contribution in [1.29, 1.82) is 0 Å². The van der Waals surface area contributed by atoms with Crippen LogP contribution in [0.4, 0.5) is 4.39 Å². The molecule has 0 aliphatic heterocycles. The first-order chi connectivity index (χ1) is 13.2. The molecule has 7 heteroatoms. The minimum absolute atomic E-state index is 0.234. The maximum Gasteiger partial charge on any atom is 0.338 e. The number of carbonyl (C=O) groups excluding carboxylic acids is 1. The average Bonchev–Trinajstić information content (AvgIpc) is 3.46. The van der Waals surface area contributed by atoms with Crippen LogP contribution in [0.2, 0.25) is 0 Å². The van der Waals surface area contributed by atoms with Gasteiger partial charge in [-0.2, -0.15) is 0 Å². The van der Waals surface area contributed by atoms with E-state index in [9.17, 15) is 9.18 Å². The molecule has 27 heavy (non-hydrogen) atoms. The molecule has 0 spiro atoms. The zero-order valence-electron chi connectivity index (χ0n) is 14.8. The highest BCUT2D eigenvalue weighted by Gasteiger charge is 2.31. The molecule has 1 heterocycles. The van der Waals surface area contributed by atoms with Crippen LogP contribution in [0.5, 0.6) is 0 Å². The molecule has 1 aromatic heterocycles. The lowest BCUT2D eigenvalue weighted by molar-refractivity contribution is 0.0599. The number of para-hydroxylation sites is 1. The van der Waals surface area contributed by atoms with Crippen molar-refractivity contribution in [3.8, 4) is 5.69 Å². The third kappa shape index (κ3) is 3.73. The predicted molar refractivity (Wildman–Crippen MR) is 101 cm³/mol. The number of esters is 1. The first kappa shape index (κ1) is 17.7. The number of methoxy groups -OCH3 is 1. The number of halogens is 1. The molecule has 1 aliphatic carbocycles. The topological polar surface area (TPSA) is 57.0 Å². The van der Waals surface area contributed by atoms with Crippen molar-refractivity contribution in [3.05, 3.63) is 71.3 Å². The molecule has 138 valence electrons. The number of carbonyl (C=O) groups is 1. The fourth-order valence-electron chi connectivity index (χ4n) is 2.92. The lowest BCUT2D eigenvalue weighted by Gasteiger charge is -2.11. The first-order valence-corrected chi connectivity index (χ1v) is 9.66. The number of ether oxygens (including phenoxy) is 1. The second-order valence-electron chi connectivity index (χ2n) is 6.37. The molecular weight excluding hydrogens is 365 g/mol. The Morgan fingerprint density at radius 1 is 1.22 bits per heavy atom. The zero-order valence-corrected chi connectivity index (χ0v) is 15.6. The summed E-state index contributed by atoms with van der Waals surface area (Å²) in [4.78, 5) is 12.0. The number of benzene rings is 2. The summed E-state index contributed by atoms with van der Waals surface area (Å²) in [5.74, 6) is 0.862. The van der Waals surface area contributed by atoms with E-state index in [0.717, 1.165) is 29.5 Å². The summed E-state index contributed by atoms with van der Waals surface area (Å²) in [7, 11) is 1.29. The molecule has 5 nitrogen and oxygen atoms in total. The summed E-state index contributed by atoms with van der Waals surface area (Å²) < 4.78 is 20.4. The fraction of sp³-hybridized carbons (Fsp3) is 0.250.